The van der Waals surface area contributed by atoms with Gasteiger partial charge >= 0.3 is 6.09 Å². The predicted octanol–water partition coefficient (Wildman–Crippen LogP) is 4.52. The van der Waals surface area contributed by atoms with Crippen molar-refractivity contribution in [3.8, 4) is 0 Å². The Morgan fingerprint density at radius 2 is 2.00 bits per heavy atom. The lowest BCUT2D eigenvalue weighted by atomic mass is 10.2. The quantitative estimate of drug-likeness (QED) is 0.688. The summed E-state index contributed by atoms with van der Waals surface area (Å²) in [7, 11) is 0. The molecule has 1 heterocycles. The van der Waals surface area contributed by atoms with Gasteiger partial charge in [0.15, 0.2) is 3.77 Å². The average molecular weight is 428 g/mol. The monoisotopic (exact) mass is 428 g/mol. The lowest BCUT2D eigenvalue weighted by Gasteiger charge is -2.19. The molecule has 2 N–H and O–H groups in total. The molecule has 0 fully saturated rings. The molecule has 124 valence electrons. The molecule has 0 saturated heterocycles. The molecule has 1 amide bonds. The standard InChI is InChI=1S/C17H21IN2O3/c1-17(2,3)23-16(21)20-10-12-5-4-6-13(9-12)19-11-14-7-8-15(18)22-14/h4-9,19H,10-11H2,1-3H3,(H,20,21). The Kier molecular flexibility index (Phi) is 5.92. The van der Waals surface area contributed by atoms with E-state index in [0.29, 0.717) is 13.1 Å². The van der Waals surface area contributed by atoms with Crippen molar-refractivity contribution in [3.63, 3.8) is 0 Å². The smallest absolute Gasteiger partial charge is 0.407 e. The number of alkyl carbamates (subject to hydrolysis) is 1. The predicted molar refractivity (Wildman–Crippen MR) is 98.3 cm³/mol. The summed E-state index contributed by atoms with van der Waals surface area (Å²) in [6.07, 6.45) is -0.416. The molecule has 0 aliphatic heterocycles. The third-order valence-corrected chi connectivity index (χ3v) is 3.44. The van der Waals surface area contributed by atoms with E-state index in [1.807, 2.05) is 57.2 Å². The number of nitrogens with one attached hydrogen (secondary N) is 2. The second kappa shape index (κ2) is 7.72. The lowest BCUT2D eigenvalue weighted by molar-refractivity contribution is 0.0523. The van der Waals surface area contributed by atoms with Crippen LogP contribution < -0.4 is 10.6 Å². The van der Waals surface area contributed by atoms with E-state index in [-0.39, 0.29) is 0 Å². The van der Waals surface area contributed by atoms with E-state index in [9.17, 15) is 4.79 Å². The molecule has 0 spiro atoms. The van der Waals surface area contributed by atoms with Gasteiger partial charge < -0.3 is 19.8 Å². The first kappa shape index (κ1) is 17.7. The maximum absolute atomic E-state index is 11.7. The Bertz CT molecular complexity index is 662. The fourth-order valence-electron chi connectivity index (χ4n) is 1.92. The molecular formula is C17H21IN2O3. The Hall–Kier alpha value is -1.70. The van der Waals surface area contributed by atoms with Gasteiger partial charge in [0.2, 0.25) is 0 Å². The molecule has 0 radical (unpaired) electrons. The van der Waals surface area contributed by atoms with Gasteiger partial charge in [-0.3, -0.25) is 0 Å². The van der Waals surface area contributed by atoms with Crippen LogP contribution in [0.3, 0.4) is 0 Å². The molecule has 2 rings (SSSR count). The Morgan fingerprint density at radius 1 is 1.22 bits per heavy atom. The number of carbonyl (C=O) groups is 1. The van der Waals surface area contributed by atoms with Gasteiger partial charge in [-0.05, 0) is 73.2 Å². The Balaban J connectivity index is 1.85. The minimum Gasteiger partial charge on any atom is -0.454 e. The maximum atomic E-state index is 11.7. The highest BCUT2D eigenvalue weighted by atomic mass is 127. The largest absolute Gasteiger partial charge is 0.454 e. The topological polar surface area (TPSA) is 63.5 Å². The van der Waals surface area contributed by atoms with E-state index in [1.54, 1.807) is 0 Å². The summed E-state index contributed by atoms with van der Waals surface area (Å²) in [5.41, 5.74) is 1.48. The fraction of sp³-hybridized carbons (Fsp3) is 0.353. The van der Waals surface area contributed by atoms with Crippen molar-refractivity contribution >= 4 is 34.4 Å². The van der Waals surface area contributed by atoms with Crippen LogP contribution >= 0.6 is 22.6 Å². The molecule has 0 aliphatic carbocycles. The molecule has 5 nitrogen and oxygen atoms in total. The maximum Gasteiger partial charge on any atom is 0.407 e. The number of hydrogen-bond donors (Lipinski definition) is 2. The van der Waals surface area contributed by atoms with Crippen LogP contribution in [-0.2, 0) is 17.8 Å². The molecule has 0 bridgehead atoms. The van der Waals surface area contributed by atoms with Gasteiger partial charge in [-0.2, -0.15) is 0 Å². The molecule has 0 saturated carbocycles. The van der Waals surface area contributed by atoms with Crippen LogP contribution in [0.4, 0.5) is 10.5 Å². The SMILES string of the molecule is CC(C)(C)OC(=O)NCc1cccc(NCc2ccc(I)o2)c1. The molecular weight excluding hydrogens is 407 g/mol. The Labute approximate surface area is 149 Å². The summed E-state index contributed by atoms with van der Waals surface area (Å²) in [4.78, 5) is 11.7. The van der Waals surface area contributed by atoms with Crippen LogP contribution in [0, 0.1) is 3.77 Å². The molecule has 0 unspecified atom stereocenters. The first-order valence-electron chi connectivity index (χ1n) is 7.36. The summed E-state index contributed by atoms with van der Waals surface area (Å²) in [5.74, 6) is 0.881. The molecule has 23 heavy (non-hydrogen) atoms. The van der Waals surface area contributed by atoms with Crippen LogP contribution in [0.25, 0.3) is 0 Å². The molecule has 1 aromatic heterocycles. The zero-order valence-corrected chi connectivity index (χ0v) is 15.6. The summed E-state index contributed by atoms with van der Waals surface area (Å²) in [6, 6.07) is 11.7. The minimum absolute atomic E-state index is 0.416. The second-order valence-corrected chi connectivity index (χ2v) is 7.18. The molecule has 1 aromatic carbocycles. The van der Waals surface area contributed by atoms with Crippen molar-refractivity contribution in [2.75, 3.05) is 5.32 Å². The third kappa shape index (κ3) is 6.52. The molecule has 0 aliphatic rings. The normalized spacial score (nSPS) is 11.1. The van der Waals surface area contributed by atoms with E-state index in [1.165, 1.54) is 0 Å². The number of carbonyl (C=O) groups excluding carboxylic acids is 1. The van der Waals surface area contributed by atoms with Gasteiger partial charge in [0.25, 0.3) is 0 Å². The van der Waals surface area contributed by atoms with Crippen molar-refractivity contribution in [1.82, 2.24) is 5.32 Å². The van der Waals surface area contributed by atoms with Gasteiger partial charge in [0.05, 0.1) is 6.54 Å². The van der Waals surface area contributed by atoms with Gasteiger partial charge in [-0.25, -0.2) is 4.79 Å². The number of anilines is 1. The number of halogens is 1. The summed E-state index contributed by atoms with van der Waals surface area (Å²) >= 11 is 2.14. The van der Waals surface area contributed by atoms with E-state index in [2.05, 4.69) is 33.2 Å². The zero-order valence-electron chi connectivity index (χ0n) is 13.5. The third-order valence-electron chi connectivity index (χ3n) is 2.86. The molecule has 6 heteroatoms. The first-order valence-corrected chi connectivity index (χ1v) is 8.43. The van der Waals surface area contributed by atoms with E-state index >= 15 is 0 Å². The van der Waals surface area contributed by atoms with Gasteiger partial charge in [0.1, 0.15) is 11.4 Å². The van der Waals surface area contributed by atoms with Gasteiger partial charge in [-0.15, -0.1) is 0 Å². The van der Waals surface area contributed by atoms with Gasteiger partial charge in [0, 0.05) is 12.2 Å². The number of amides is 1. The summed E-state index contributed by atoms with van der Waals surface area (Å²) < 4.78 is 11.6. The number of furan rings is 1. The van der Waals surface area contributed by atoms with Crippen LogP contribution in [0.5, 0.6) is 0 Å². The van der Waals surface area contributed by atoms with Crippen molar-refractivity contribution in [1.29, 1.82) is 0 Å². The Morgan fingerprint density at radius 3 is 2.65 bits per heavy atom. The minimum atomic E-state index is -0.492. The van der Waals surface area contributed by atoms with Crippen molar-refractivity contribution in [3.05, 3.63) is 51.5 Å². The van der Waals surface area contributed by atoms with Gasteiger partial charge in [-0.1, -0.05) is 12.1 Å². The fourth-order valence-corrected chi connectivity index (χ4v) is 2.38. The number of rotatable bonds is 5. The van der Waals surface area contributed by atoms with Crippen molar-refractivity contribution in [2.45, 2.75) is 39.5 Å². The van der Waals surface area contributed by atoms with Crippen LogP contribution in [-0.4, -0.2) is 11.7 Å². The number of hydrogen-bond acceptors (Lipinski definition) is 4. The van der Waals surface area contributed by atoms with E-state index in [4.69, 9.17) is 9.15 Å². The van der Waals surface area contributed by atoms with Crippen molar-refractivity contribution < 1.29 is 13.9 Å². The van der Waals surface area contributed by atoms with Crippen LogP contribution in [0.1, 0.15) is 32.1 Å². The van der Waals surface area contributed by atoms with Crippen molar-refractivity contribution in [2.24, 2.45) is 0 Å². The zero-order chi connectivity index (χ0) is 16.9. The average Bonchev–Trinajstić information content (AvgIpc) is 2.87. The highest BCUT2D eigenvalue weighted by molar-refractivity contribution is 14.1. The van der Waals surface area contributed by atoms with E-state index in [0.717, 1.165) is 20.8 Å². The number of ether oxygens (including phenoxy) is 1. The summed E-state index contributed by atoms with van der Waals surface area (Å²) in [5, 5.41) is 6.05. The highest BCUT2D eigenvalue weighted by Gasteiger charge is 2.15. The van der Waals surface area contributed by atoms with E-state index < -0.39 is 11.7 Å². The van der Waals surface area contributed by atoms with Crippen LogP contribution in [0.15, 0.2) is 40.8 Å². The molecule has 2 aromatic rings. The highest BCUT2D eigenvalue weighted by Crippen LogP contribution is 2.15. The summed E-state index contributed by atoms with van der Waals surface area (Å²) in [6.45, 7) is 6.56. The second-order valence-electron chi connectivity index (χ2n) is 6.12. The van der Waals surface area contributed by atoms with Crippen LogP contribution in [0.2, 0.25) is 0 Å². The lowest BCUT2D eigenvalue weighted by Crippen LogP contribution is -2.32. The number of benzene rings is 1. The molecule has 0 atom stereocenters. The first-order chi connectivity index (χ1) is 10.8.